The molecule has 72 valence electrons. The zero-order valence-electron chi connectivity index (χ0n) is 7.69. The first-order valence-corrected chi connectivity index (χ1v) is 4.58. The van der Waals surface area contributed by atoms with Crippen molar-refractivity contribution in [1.82, 2.24) is 0 Å². The molecule has 3 heteroatoms. The average Bonchev–Trinajstić information content (AvgIpc) is 1.94. The number of alkyl halides is 2. The standard InChI is InChI=1S/C9H17F2N/c1-6(2)7-4-3-5-9(10,11)8(7)12/h6-8H,3-5,12H2,1-2H3/t7?,8-/m1/s1. The van der Waals surface area contributed by atoms with Gasteiger partial charge in [0.15, 0.2) is 0 Å². The van der Waals surface area contributed by atoms with Crippen molar-refractivity contribution in [2.24, 2.45) is 17.6 Å². The van der Waals surface area contributed by atoms with Crippen LogP contribution in [0.5, 0.6) is 0 Å². The predicted octanol–water partition coefficient (Wildman–Crippen LogP) is 2.41. The van der Waals surface area contributed by atoms with Gasteiger partial charge in [0.2, 0.25) is 0 Å². The summed E-state index contributed by atoms with van der Waals surface area (Å²) in [6.45, 7) is 3.93. The van der Waals surface area contributed by atoms with Crippen molar-refractivity contribution in [3.63, 3.8) is 0 Å². The largest absolute Gasteiger partial charge is 0.322 e. The Bertz CT molecular complexity index is 157. The second-order valence-electron chi connectivity index (χ2n) is 4.09. The molecule has 1 saturated carbocycles. The minimum absolute atomic E-state index is 0.00579. The van der Waals surface area contributed by atoms with Crippen LogP contribution in [-0.4, -0.2) is 12.0 Å². The molecular formula is C9H17F2N. The van der Waals surface area contributed by atoms with E-state index in [2.05, 4.69) is 0 Å². The third-order valence-corrected chi connectivity index (χ3v) is 2.85. The minimum Gasteiger partial charge on any atom is -0.322 e. The fourth-order valence-corrected chi connectivity index (χ4v) is 1.98. The van der Waals surface area contributed by atoms with Gasteiger partial charge in [0.1, 0.15) is 0 Å². The van der Waals surface area contributed by atoms with Gasteiger partial charge in [0, 0.05) is 6.42 Å². The molecule has 1 unspecified atom stereocenters. The average molecular weight is 177 g/mol. The second-order valence-corrected chi connectivity index (χ2v) is 4.09. The molecule has 1 rings (SSSR count). The van der Waals surface area contributed by atoms with Gasteiger partial charge in [0.25, 0.3) is 5.92 Å². The molecule has 0 aliphatic heterocycles. The summed E-state index contributed by atoms with van der Waals surface area (Å²) in [5, 5.41) is 0. The number of halogens is 2. The molecule has 1 nitrogen and oxygen atoms in total. The third kappa shape index (κ3) is 1.76. The third-order valence-electron chi connectivity index (χ3n) is 2.85. The van der Waals surface area contributed by atoms with Crippen molar-refractivity contribution in [2.75, 3.05) is 0 Å². The van der Waals surface area contributed by atoms with Gasteiger partial charge < -0.3 is 5.73 Å². The molecule has 0 aromatic carbocycles. The van der Waals surface area contributed by atoms with Gasteiger partial charge in [-0.25, -0.2) is 8.78 Å². The van der Waals surface area contributed by atoms with Crippen molar-refractivity contribution >= 4 is 0 Å². The van der Waals surface area contributed by atoms with Crippen molar-refractivity contribution < 1.29 is 8.78 Å². The summed E-state index contributed by atoms with van der Waals surface area (Å²) < 4.78 is 26.2. The highest BCUT2D eigenvalue weighted by Gasteiger charge is 2.45. The SMILES string of the molecule is CC(C)C1CCCC(F)(F)[C@@H]1N. The van der Waals surface area contributed by atoms with E-state index in [1.165, 1.54) is 0 Å². The molecule has 0 heterocycles. The zero-order valence-corrected chi connectivity index (χ0v) is 7.69. The number of rotatable bonds is 1. The highest BCUT2D eigenvalue weighted by atomic mass is 19.3. The molecule has 2 N–H and O–H groups in total. The van der Waals surface area contributed by atoms with Crippen LogP contribution in [0, 0.1) is 11.8 Å². The second kappa shape index (κ2) is 3.29. The van der Waals surface area contributed by atoms with Gasteiger partial charge in [-0.3, -0.25) is 0 Å². The van der Waals surface area contributed by atoms with E-state index >= 15 is 0 Å². The molecule has 2 atom stereocenters. The smallest absolute Gasteiger partial charge is 0.263 e. The van der Waals surface area contributed by atoms with E-state index in [9.17, 15) is 8.78 Å². The first-order valence-electron chi connectivity index (χ1n) is 4.58. The van der Waals surface area contributed by atoms with Crippen molar-refractivity contribution in [3.05, 3.63) is 0 Å². The first kappa shape index (κ1) is 9.90. The lowest BCUT2D eigenvalue weighted by atomic mass is 9.76. The van der Waals surface area contributed by atoms with E-state index in [4.69, 9.17) is 5.73 Å². The maximum atomic E-state index is 13.1. The van der Waals surface area contributed by atoms with Crippen LogP contribution in [0.2, 0.25) is 0 Å². The first-order chi connectivity index (χ1) is 5.45. The molecule has 0 aromatic heterocycles. The van der Waals surface area contributed by atoms with Gasteiger partial charge in [-0.1, -0.05) is 13.8 Å². The lowest BCUT2D eigenvalue weighted by Crippen LogP contribution is -2.50. The van der Waals surface area contributed by atoms with Crippen LogP contribution in [0.4, 0.5) is 8.78 Å². The van der Waals surface area contributed by atoms with E-state index < -0.39 is 12.0 Å². The fraction of sp³-hybridized carbons (Fsp3) is 1.00. The molecule has 1 fully saturated rings. The summed E-state index contributed by atoms with van der Waals surface area (Å²) in [6.07, 6.45) is 1.44. The molecular weight excluding hydrogens is 160 g/mol. The van der Waals surface area contributed by atoms with Crippen LogP contribution in [0.15, 0.2) is 0 Å². The van der Waals surface area contributed by atoms with Crippen molar-refractivity contribution in [3.8, 4) is 0 Å². The lowest BCUT2D eigenvalue weighted by molar-refractivity contribution is -0.0793. The van der Waals surface area contributed by atoms with E-state index in [0.717, 1.165) is 6.42 Å². The number of hydrogen-bond acceptors (Lipinski definition) is 1. The molecule has 0 bridgehead atoms. The molecule has 0 saturated heterocycles. The summed E-state index contributed by atoms with van der Waals surface area (Å²) >= 11 is 0. The molecule has 1 aliphatic rings. The van der Waals surface area contributed by atoms with E-state index in [-0.39, 0.29) is 18.3 Å². The summed E-state index contributed by atoms with van der Waals surface area (Å²) in [5.74, 6) is -2.37. The number of hydrogen-bond donors (Lipinski definition) is 1. The van der Waals surface area contributed by atoms with Crippen LogP contribution < -0.4 is 5.73 Å². The summed E-state index contributed by atoms with van der Waals surface area (Å²) in [7, 11) is 0. The van der Waals surface area contributed by atoms with E-state index in [1.807, 2.05) is 13.8 Å². The van der Waals surface area contributed by atoms with Gasteiger partial charge >= 0.3 is 0 Å². The van der Waals surface area contributed by atoms with Crippen LogP contribution in [0.1, 0.15) is 33.1 Å². The lowest BCUT2D eigenvalue weighted by Gasteiger charge is -2.37. The Hall–Kier alpha value is -0.180. The normalized spacial score (nSPS) is 35.5. The Kier molecular flexibility index (Phi) is 2.71. The zero-order chi connectivity index (χ0) is 9.35. The summed E-state index contributed by atoms with van der Waals surface area (Å²) in [4.78, 5) is 0. The van der Waals surface area contributed by atoms with Gasteiger partial charge in [-0.2, -0.15) is 0 Å². The van der Waals surface area contributed by atoms with Gasteiger partial charge in [-0.05, 0) is 24.7 Å². The van der Waals surface area contributed by atoms with Crippen molar-refractivity contribution in [1.29, 1.82) is 0 Å². The highest BCUT2D eigenvalue weighted by molar-refractivity contribution is 4.91. The summed E-state index contributed by atoms with van der Waals surface area (Å²) in [5.41, 5.74) is 5.51. The quantitative estimate of drug-likeness (QED) is 0.654. The minimum atomic E-state index is -2.63. The van der Waals surface area contributed by atoms with Crippen LogP contribution in [0.25, 0.3) is 0 Å². The fourth-order valence-electron chi connectivity index (χ4n) is 1.98. The Balaban J connectivity index is 2.66. The number of nitrogens with two attached hydrogens (primary N) is 1. The Morgan fingerprint density at radius 3 is 2.42 bits per heavy atom. The van der Waals surface area contributed by atoms with E-state index in [1.54, 1.807) is 0 Å². The molecule has 0 aromatic rings. The topological polar surface area (TPSA) is 26.0 Å². The van der Waals surface area contributed by atoms with Crippen LogP contribution >= 0.6 is 0 Å². The highest BCUT2D eigenvalue weighted by Crippen LogP contribution is 2.38. The molecule has 0 spiro atoms. The Morgan fingerprint density at radius 1 is 1.42 bits per heavy atom. The summed E-state index contributed by atoms with van der Waals surface area (Å²) in [6, 6.07) is -0.925. The molecule has 0 amide bonds. The predicted molar refractivity (Wildman–Crippen MR) is 45.1 cm³/mol. The maximum Gasteiger partial charge on any atom is 0.263 e. The maximum absolute atomic E-state index is 13.1. The molecule has 0 radical (unpaired) electrons. The van der Waals surface area contributed by atoms with Gasteiger partial charge in [0.05, 0.1) is 6.04 Å². The molecule has 1 aliphatic carbocycles. The van der Waals surface area contributed by atoms with Gasteiger partial charge in [-0.15, -0.1) is 0 Å². The van der Waals surface area contributed by atoms with Crippen LogP contribution in [-0.2, 0) is 0 Å². The van der Waals surface area contributed by atoms with Crippen molar-refractivity contribution in [2.45, 2.75) is 45.1 Å². The Labute approximate surface area is 72.3 Å². The molecule has 12 heavy (non-hydrogen) atoms. The van der Waals surface area contributed by atoms with Crippen LogP contribution in [0.3, 0.4) is 0 Å². The Morgan fingerprint density at radius 2 is 2.00 bits per heavy atom. The monoisotopic (exact) mass is 177 g/mol. The van der Waals surface area contributed by atoms with E-state index in [0.29, 0.717) is 6.42 Å².